The van der Waals surface area contributed by atoms with Crippen LogP contribution in [-0.4, -0.2) is 9.55 Å². The molecule has 1 aromatic carbocycles. The van der Waals surface area contributed by atoms with Crippen LogP contribution in [0.3, 0.4) is 0 Å². The number of imidazole rings is 1. The molecule has 1 heterocycles. The molecule has 0 radical (unpaired) electrons. The predicted octanol–water partition coefficient (Wildman–Crippen LogP) is 3.35. The average molecular weight is 215 g/mol. The summed E-state index contributed by atoms with van der Waals surface area (Å²) in [7, 11) is 0. The molecule has 0 aliphatic carbocycles. The van der Waals surface area contributed by atoms with E-state index in [1.165, 1.54) is 0 Å². The zero-order valence-electron chi connectivity index (χ0n) is 9.77. The summed E-state index contributed by atoms with van der Waals surface area (Å²) in [5.74, 6) is 0.922. The third-order valence-electron chi connectivity index (χ3n) is 2.39. The lowest BCUT2D eigenvalue weighted by atomic mass is 10.3. The molecule has 2 rings (SSSR count). The standard InChI is InChI=1S/C13H17N3/c1-3-9-16-10-11(2)14-13(16)15-12-7-5-4-6-8-12/h4-8,10H,3,9H2,1-2H3,(H,14,15). The van der Waals surface area contributed by atoms with E-state index in [4.69, 9.17) is 0 Å². The number of hydrogen-bond acceptors (Lipinski definition) is 2. The second kappa shape index (κ2) is 4.84. The Balaban J connectivity index is 2.20. The lowest BCUT2D eigenvalue weighted by Gasteiger charge is -2.08. The Hall–Kier alpha value is -1.77. The topological polar surface area (TPSA) is 29.9 Å². The van der Waals surface area contributed by atoms with Gasteiger partial charge < -0.3 is 9.88 Å². The van der Waals surface area contributed by atoms with E-state index in [0.29, 0.717) is 0 Å². The molecule has 1 aromatic heterocycles. The van der Waals surface area contributed by atoms with E-state index in [9.17, 15) is 0 Å². The highest BCUT2D eigenvalue weighted by Crippen LogP contribution is 2.16. The van der Waals surface area contributed by atoms with Crippen molar-refractivity contribution in [3.05, 3.63) is 42.2 Å². The average Bonchev–Trinajstić information content (AvgIpc) is 2.61. The molecule has 2 aromatic rings. The summed E-state index contributed by atoms with van der Waals surface area (Å²) >= 11 is 0. The summed E-state index contributed by atoms with van der Waals surface area (Å²) in [6.07, 6.45) is 3.19. The Morgan fingerprint density at radius 3 is 2.69 bits per heavy atom. The highest BCUT2D eigenvalue weighted by atomic mass is 15.2. The van der Waals surface area contributed by atoms with Crippen LogP contribution < -0.4 is 5.32 Å². The van der Waals surface area contributed by atoms with E-state index in [2.05, 4.69) is 28.0 Å². The Kier molecular flexibility index (Phi) is 3.25. The number of nitrogens with one attached hydrogen (secondary N) is 1. The van der Waals surface area contributed by atoms with Crippen molar-refractivity contribution < 1.29 is 0 Å². The van der Waals surface area contributed by atoms with E-state index in [1.54, 1.807) is 0 Å². The molecular formula is C13H17N3. The maximum Gasteiger partial charge on any atom is 0.207 e. The summed E-state index contributed by atoms with van der Waals surface area (Å²) in [5.41, 5.74) is 2.12. The van der Waals surface area contributed by atoms with Crippen molar-refractivity contribution in [1.82, 2.24) is 9.55 Å². The number of aryl methyl sites for hydroxylation is 2. The van der Waals surface area contributed by atoms with E-state index in [-0.39, 0.29) is 0 Å². The Labute approximate surface area is 96.1 Å². The largest absolute Gasteiger partial charge is 0.326 e. The number of benzene rings is 1. The van der Waals surface area contributed by atoms with Gasteiger partial charge >= 0.3 is 0 Å². The van der Waals surface area contributed by atoms with Crippen molar-refractivity contribution >= 4 is 11.6 Å². The first kappa shape index (κ1) is 10.7. The molecule has 1 N–H and O–H groups in total. The maximum absolute atomic E-state index is 4.48. The van der Waals surface area contributed by atoms with Crippen LogP contribution in [0.1, 0.15) is 19.0 Å². The van der Waals surface area contributed by atoms with Crippen molar-refractivity contribution in [2.24, 2.45) is 0 Å². The summed E-state index contributed by atoms with van der Waals surface area (Å²) < 4.78 is 2.16. The molecule has 3 heteroatoms. The van der Waals surface area contributed by atoms with Crippen LogP contribution in [0.2, 0.25) is 0 Å². The smallest absolute Gasteiger partial charge is 0.207 e. The van der Waals surface area contributed by atoms with Gasteiger partial charge in [-0.15, -0.1) is 0 Å². The summed E-state index contributed by atoms with van der Waals surface area (Å²) in [5, 5.41) is 3.33. The van der Waals surface area contributed by atoms with Gasteiger partial charge in [0.15, 0.2) is 0 Å². The number of para-hydroxylation sites is 1. The van der Waals surface area contributed by atoms with Gasteiger partial charge in [-0.05, 0) is 25.5 Å². The first-order valence-corrected chi connectivity index (χ1v) is 5.65. The molecule has 0 aliphatic heterocycles. The molecule has 16 heavy (non-hydrogen) atoms. The van der Waals surface area contributed by atoms with Crippen molar-refractivity contribution in [2.75, 3.05) is 5.32 Å². The fraction of sp³-hybridized carbons (Fsp3) is 0.308. The van der Waals surface area contributed by atoms with Crippen molar-refractivity contribution in [2.45, 2.75) is 26.8 Å². The molecule has 0 fully saturated rings. The highest BCUT2D eigenvalue weighted by Gasteiger charge is 2.04. The van der Waals surface area contributed by atoms with Crippen LogP contribution in [0.15, 0.2) is 36.5 Å². The van der Waals surface area contributed by atoms with E-state index in [0.717, 1.165) is 30.3 Å². The molecule has 84 valence electrons. The van der Waals surface area contributed by atoms with Gasteiger partial charge in [0.25, 0.3) is 0 Å². The SMILES string of the molecule is CCCn1cc(C)nc1Nc1ccccc1. The minimum Gasteiger partial charge on any atom is -0.326 e. The van der Waals surface area contributed by atoms with E-state index < -0.39 is 0 Å². The molecule has 0 saturated carbocycles. The number of nitrogens with zero attached hydrogens (tertiary/aromatic N) is 2. The first-order chi connectivity index (χ1) is 7.79. The fourth-order valence-electron chi connectivity index (χ4n) is 1.71. The van der Waals surface area contributed by atoms with Crippen LogP contribution in [-0.2, 0) is 6.54 Å². The summed E-state index contributed by atoms with van der Waals surface area (Å²) in [6.45, 7) is 5.18. The highest BCUT2D eigenvalue weighted by molar-refractivity contribution is 5.53. The third-order valence-corrected chi connectivity index (χ3v) is 2.39. The zero-order chi connectivity index (χ0) is 11.4. The minimum atomic E-state index is 0.922. The lowest BCUT2D eigenvalue weighted by molar-refractivity contribution is 0.686. The molecule has 0 saturated heterocycles. The minimum absolute atomic E-state index is 0.922. The number of anilines is 2. The van der Waals surface area contributed by atoms with E-state index in [1.807, 2.05) is 37.3 Å². The first-order valence-electron chi connectivity index (χ1n) is 5.65. The summed E-state index contributed by atoms with van der Waals surface area (Å²) in [6, 6.07) is 10.1. The van der Waals surface area contributed by atoms with Gasteiger partial charge in [-0.3, -0.25) is 0 Å². The molecule has 0 amide bonds. The molecule has 0 aliphatic rings. The Bertz CT molecular complexity index is 445. The van der Waals surface area contributed by atoms with Crippen LogP contribution in [0.5, 0.6) is 0 Å². The number of hydrogen-bond donors (Lipinski definition) is 1. The van der Waals surface area contributed by atoms with Crippen LogP contribution in [0.4, 0.5) is 11.6 Å². The molecule has 3 nitrogen and oxygen atoms in total. The predicted molar refractivity (Wildman–Crippen MR) is 67.0 cm³/mol. The fourth-order valence-corrected chi connectivity index (χ4v) is 1.71. The molecule has 0 spiro atoms. The van der Waals surface area contributed by atoms with Gasteiger partial charge in [0.05, 0.1) is 5.69 Å². The monoisotopic (exact) mass is 215 g/mol. The second-order valence-electron chi connectivity index (χ2n) is 3.89. The van der Waals surface area contributed by atoms with Gasteiger partial charge in [-0.1, -0.05) is 25.1 Å². The molecule has 0 atom stereocenters. The quantitative estimate of drug-likeness (QED) is 0.847. The zero-order valence-corrected chi connectivity index (χ0v) is 9.77. The second-order valence-corrected chi connectivity index (χ2v) is 3.89. The van der Waals surface area contributed by atoms with Crippen molar-refractivity contribution in [3.8, 4) is 0 Å². The molecular weight excluding hydrogens is 198 g/mol. The van der Waals surface area contributed by atoms with Gasteiger partial charge in [0.1, 0.15) is 0 Å². The lowest BCUT2D eigenvalue weighted by Crippen LogP contribution is -2.02. The van der Waals surface area contributed by atoms with Crippen molar-refractivity contribution in [1.29, 1.82) is 0 Å². The van der Waals surface area contributed by atoms with Crippen LogP contribution in [0.25, 0.3) is 0 Å². The summed E-state index contributed by atoms with van der Waals surface area (Å²) in [4.78, 5) is 4.48. The Morgan fingerprint density at radius 2 is 2.00 bits per heavy atom. The maximum atomic E-state index is 4.48. The van der Waals surface area contributed by atoms with Gasteiger partial charge in [0, 0.05) is 18.4 Å². The van der Waals surface area contributed by atoms with E-state index >= 15 is 0 Å². The van der Waals surface area contributed by atoms with Crippen molar-refractivity contribution in [3.63, 3.8) is 0 Å². The van der Waals surface area contributed by atoms with Gasteiger partial charge in [-0.2, -0.15) is 0 Å². The molecule has 0 unspecified atom stereocenters. The molecule has 0 bridgehead atoms. The van der Waals surface area contributed by atoms with Gasteiger partial charge in [-0.25, -0.2) is 4.98 Å². The normalized spacial score (nSPS) is 10.4. The third kappa shape index (κ3) is 2.42. The van der Waals surface area contributed by atoms with Crippen LogP contribution >= 0.6 is 0 Å². The number of aromatic nitrogens is 2. The Morgan fingerprint density at radius 1 is 1.25 bits per heavy atom. The van der Waals surface area contributed by atoms with Crippen LogP contribution in [0, 0.1) is 6.92 Å². The number of rotatable bonds is 4. The van der Waals surface area contributed by atoms with Gasteiger partial charge in [0.2, 0.25) is 5.95 Å².